The summed E-state index contributed by atoms with van der Waals surface area (Å²) in [5, 5.41) is 3.19. The van der Waals surface area contributed by atoms with Crippen LogP contribution in [0.1, 0.15) is 24.5 Å². The SMILES string of the molecule is C=C/C=C1/c2ccccc2OC1S.CCCc1ccc(Br)cc1NC. The molecule has 25 heavy (non-hydrogen) atoms. The van der Waals surface area contributed by atoms with Gasteiger partial charge < -0.3 is 10.1 Å². The van der Waals surface area contributed by atoms with E-state index >= 15 is 0 Å². The fourth-order valence-electron chi connectivity index (χ4n) is 2.69. The van der Waals surface area contributed by atoms with Gasteiger partial charge in [0.15, 0.2) is 5.44 Å². The van der Waals surface area contributed by atoms with E-state index in [1.165, 1.54) is 17.7 Å². The molecule has 1 aliphatic rings. The van der Waals surface area contributed by atoms with Gasteiger partial charge in [0.05, 0.1) is 0 Å². The molecule has 0 radical (unpaired) electrons. The molecule has 2 aromatic rings. The first-order valence-corrected chi connectivity index (χ1v) is 9.64. The van der Waals surface area contributed by atoms with Gasteiger partial charge in [-0.1, -0.05) is 72.3 Å². The molecule has 1 heterocycles. The monoisotopic (exact) mass is 417 g/mol. The third-order valence-corrected chi connectivity index (χ3v) is 4.74. The van der Waals surface area contributed by atoms with Gasteiger partial charge >= 0.3 is 0 Å². The van der Waals surface area contributed by atoms with Gasteiger partial charge in [-0.05, 0) is 30.2 Å². The minimum absolute atomic E-state index is 0.157. The summed E-state index contributed by atoms with van der Waals surface area (Å²) < 4.78 is 6.65. The molecule has 0 bridgehead atoms. The molecule has 4 heteroatoms. The summed E-state index contributed by atoms with van der Waals surface area (Å²) in [6.45, 7) is 5.86. The fourth-order valence-corrected chi connectivity index (χ4v) is 3.39. The Morgan fingerprint density at radius 3 is 2.72 bits per heavy atom. The van der Waals surface area contributed by atoms with Gasteiger partial charge in [-0.25, -0.2) is 0 Å². The van der Waals surface area contributed by atoms with Crippen LogP contribution in [0, 0.1) is 0 Å². The molecule has 132 valence electrons. The Hall–Kier alpha value is -1.65. The van der Waals surface area contributed by atoms with E-state index in [9.17, 15) is 0 Å². The number of para-hydroxylation sites is 1. The van der Waals surface area contributed by atoms with Crippen LogP contribution in [0.15, 0.2) is 65.7 Å². The third kappa shape index (κ3) is 5.16. The number of nitrogens with one attached hydrogen (secondary N) is 1. The summed E-state index contributed by atoms with van der Waals surface area (Å²) in [7, 11) is 1.96. The zero-order valence-electron chi connectivity index (χ0n) is 14.6. The van der Waals surface area contributed by atoms with E-state index in [0.717, 1.165) is 27.8 Å². The van der Waals surface area contributed by atoms with Gasteiger partial charge in [0.25, 0.3) is 0 Å². The van der Waals surface area contributed by atoms with E-state index in [-0.39, 0.29) is 5.44 Å². The maximum absolute atomic E-state index is 5.52. The Kier molecular flexibility index (Phi) is 7.66. The van der Waals surface area contributed by atoms with Gasteiger partial charge in [-0.15, -0.1) is 12.6 Å². The average Bonchev–Trinajstić information content (AvgIpc) is 2.93. The number of allylic oxidation sites excluding steroid dienone is 2. The molecule has 2 nitrogen and oxygen atoms in total. The number of hydrogen-bond acceptors (Lipinski definition) is 3. The molecular formula is C21H24BrNOS. The quantitative estimate of drug-likeness (QED) is 0.565. The van der Waals surface area contributed by atoms with Crippen LogP contribution in [-0.2, 0) is 6.42 Å². The van der Waals surface area contributed by atoms with Crippen LogP contribution in [-0.4, -0.2) is 12.5 Å². The van der Waals surface area contributed by atoms with E-state index in [1.54, 1.807) is 6.08 Å². The van der Waals surface area contributed by atoms with Gasteiger partial charge in [-0.3, -0.25) is 0 Å². The number of anilines is 1. The maximum atomic E-state index is 5.52. The Balaban J connectivity index is 0.000000181. The van der Waals surface area contributed by atoms with Crippen LogP contribution in [0.5, 0.6) is 5.75 Å². The van der Waals surface area contributed by atoms with E-state index in [1.807, 2.05) is 37.4 Å². The van der Waals surface area contributed by atoms with Crippen LogP contribution < -0.4 is 10.1 Å². The molecule has 1 N–H and O–H groups in total. The maximum Gasteiger partial charge on any atom is 0.167 e. The second-order valence-electron chi connectivity index (χ2n) is 5.63. The summed E-state index contributed by atoms with van der Waals surface area (Å²) in [5.74, 6) is 0.899. The molecular weight excluding hydrogens is 394 g/mol. The summed E-state index contributed by atoms with van der Waals surface area (Å²) in [4.78, 5) is 0. The lowest BCUT2D eigenvalue weighted by Crippen LogP contribution is -2.01. The lowest BCUT2D eigenvalue weighted by atomic mass is 10.1. The third-order valence-electron chi connectivity index (χ3n) is 3.86. The molecule has 0 aliphatic carbocycles. The highest BCUT2D eigenvalue weighted by Crippen LogP contribution is 2.38. The lowest BCUT2D eigenvalue weighted by Gasteiger charge is -2.07. The van der Waals surface area contributed by atoms with Crippen molar-refractivity contribution in [2.45, 2.75) is 25.2 Å². The molecule has 1 atom stereocenters. The van der Waals surface area contributed by atoms with Gasteiger partial charge in [0, 0.05) is 28.3 Å². The average molecular weight is 418 g/mol. The molecule has 0 fully saturated rings. The van der Waals surface area contributed by atoms with E-state index in [0.29, 0.717) is 0 Å². The number of hydrogen-bond donors (Lipinski definition) is 2. The minimum Gasteiger partial charge on any atom is -0.475 e. The van der Waals surface area contributed by atoms with Crippen LogP contribution in [0.4, 0.5) is 5.69 Å². The summed E-state index contributed by atoms with van der Waals surface area (Å²) in [6, 6.07) is 14.3. The molecule has 0 amide bonds. The Labute approximate surface area is 164 Å². The van der Waals surface area contributed by atoms with Crippen molar-refractivity contribution >= 4 is 39.8 Å². The summed E-state index contributed by atoms with van der Waals surface area (Å²) >= 11 is 7.78. The first-order chi connectivity index (χ1) is 12.1. The molecule has 0 spiro atoms. The van der Waals surface area contributed by atoms with E-state index in [2.05, 4.69) is 65.6 Å². The van der Waals surface area contributed by atoms with Crippen molar-refractivity contribution < 1.29 is 4.74 Å². The summed E-state index contributed by atoms with van der Waals surface area (Å²) in [5.41, 5.74) is 4.65. The van der Waals surface area contributed by atoms with E-state index < -0.39 is 0 Å². The van der Waals surface area contributed by atoms with Gasteiger partial charge in [0.1, 0.15) is 5.75 Å². The Morgan fingerprint density at radius 2 is 2.04 bits per heavy atom. The molecule has 0 saturated carbocycles. The summed E-state index contributed by atoms with van der Waals surface area (Å²) in [6.07, 6.45) is 6.02. The second kappa shape index (κ2) is 9.73. The molecule has 1 aliphatic heterocycles. The van der Waals surface area contributed by atoms with Crippen molar-refractivity contribution in [2.24, 2.45) is 0 Å². The number of halogens is 1. The van der Waals surface area contributed by atoms with Crippen molar-refractivity contribution in [2.75, 3.05) is 12.4 Å². The first kappa shape index (κ1) is 19.7. The van der Waals surface area contributed by atoms with Crippen LogP contribution in [0.3, 0.4) is 0 Å². The number of fused-ring (bicyclic) bond motifs is 1. The highest BCUT2D eigenvalue weighted by atomic mass is 79.9. The molecule has 1 unspecified atom stereocenters. The molecule has 0 saturated heterocycles. The van der Waals surface area contributed by atoms with Crippen LogP contribution in [0.25, 0.3) is 5.57 Å². The standard InChI is InChI=1S/C11H10OS.C10H14BrN/c1-2-5-9-8-6-3-4-7-10(8)12-11(9)13;1-3-4-8-5-6-9(11)7-10(8)12-2/h2-7,11,13H,1H2;5-7,12H,3-4H2,1-2H3/b9-5-;. The van der Waals surface area contributed by atoms with Crippen LogP contribution >= 0.6 is 28.6 Å². The number of thiol groups is 1. The smallest absolute Gasteiger partial charge is 0.167 e. The lowest BCUT2D eigenvalue weighted by molar-refractivity contribution is 0.361. The van der Waals surface area contributed by atoms with Crippen molar-refractivity contribution in [3.8, 4) is 5.75 Å². The minimum atomic E-state index is -0.157. The van der Waals surface area contributed by atoms with Crippen molar-refractivity contribution in [1.82, 2.24) is 0 Å². The Morgan fingerprint density at radius 1 is 1.28 bits per heavy atom. The van der Waals surface area contributed by atoms with Crippen molar-refractivity contribution in [3.63, 3.8) is 0 Å². The predicted molar refractivity (Wildman–Crippen MR) is 116 cm³/mol. The largest absolute Gasteiger partial charge is 0.475 e. The highest BCUT2D eigenvalue weighted by molar-refractivity contribution is 9.10. The van der Waals surface area contributed by atoms with Gasteiger partial charge in [-0.2, -0.15) is 0 Å². The predicted octanol–water partition coefficient (Wildman–Crippen LogP) is 6.35. The highest BCUT2D eigenvalue weighted by Gasteiger charge is 2.24. The topological polar surface area (TPSA) is 21.3 Å². The molecule has 0 aromatic heterocycles. The zero-order chi connectivity index (χ0) is 18.2. The number of benzene rings is 2. The number of ether oxygens (including phenoxy) is 1. The Bertz CT molecular complexity index is 757. The van der Waals surface area contributed by atoms with E-state index in [4.69, 9.17) is 4.74 Å². The number of rotatable bonds is 4. The van der Waals surface area contributed by atoms with Crippen molar-refractivity contribution in [1.29, 1.82) is 0 Å². The number of aryl methyl sites for hydroxylation is 1. The van der Waals surface area contributed by atoms with Crippen LogP contribution in [0.2, 0.25) is 0 Å². The normalized spacial score (nSPS) is 16.5. The zero-order valence-corrected chi connectivity index (χ0v) is 17.1. The fraction of sp³-hybridized carbons (Fsp3) is 0.238. The second-order valence-corrected chi connectivity index (χ2v) is 7.01. The first-order valence-electron chi connectivity index (χ1n) is 8.33. The van der Waals surface area contributed by atoms with Gasteiger partial charge in [0.2, 0.25) is 0 Å². The van der Waals surface area contributed by atoms with Crippen molar-refractivity contribution in [3.05, 3.63) is 76.8 Å². The molecule has 2 aromatic carbocycles. The molecule has 3 rings (SSSR count).